The van der Waals surface area contributed by atoms with Crippen molar-refractivity contribution in [3.8, 4) is 5.69 Å². The highest BCUT2D eigenvalue weighted by atomic mass is 35.5. The lowest BCUT2D eigenvalue weighted by atomic mass is 10.2. The highest BCUT2D eigenvalue weighted by molar-refractivity contribution is 7.99. The van der Waals surface area contributed by atoms with Crippen molar-refractivity contribution < 1.29 is 13.2 Å². The van der Waals surface area contributed by atoms with Crippen molar-refractivity contribution >= 4 is 50.0 Å². The number of hydrogen-bond donors (Lipinski definition) is 0. The lowest BCUT2D eigenvalue weighted by Crippen LogP contribution is -2.39. The summed E-state index contributed by atoms with van der Waals surface area (Å²) in [6.07, 6.45) is 0.441. The lowest BCUT2D eigenvalue weighted by molar-refractivity contribution is -0.128. The molecule has 1 fully saturated rings. The summed E-state index contributed by atoms with van der Waals surface area (Å²) in [5.41, 5.74) is 0.843. The summed E-state index contributed by atoms with van der Waals surface area (Å²) in [5.74, 6) is -0.102. The van der Waals surface area contributed by atoms with E-state index in [1.807, 2.05) is 18.2 Å². The topological polar surface area (TPSA) is 89.3 Å². The largest absolute Gasteiger partial charge is 0.341 e. The average Bonchev–Trinajstić information content (AvgIpc) is 3.11. The maximum absolute atomic E-state index is 13.2. The summed E-state index contributed by atoms with van der Waals surface area (Å²) in [7, 11) is -1.47. The number of hydrogen-bond acceptors (Lipinski definition) is 6. The summed E-state index contributed by atoms with van der Waals surface area (Å²) in [6.45, 7) is 0. The average molecular weight is 478 g/mol. The minimum absolute atomic E-state index is 0.0125. The van der Waals surface area contributed by atoms with E-state index in [-0.39, 0.29) is 34.8 Å². The zero-order valence-electron chi connectivity index (χ0n) is 16.7. The van der Waals surface area contributed by atoms with Crippen LogP contribution in [0.4, 0.5) is 0 Å². The fraction of sp³-hybridized carbons (Fsp3) is 0.286. The zero-order chi connectivity index (χ0) is 22.2. The minimum atomic E-state index is -3.09. The maximum Gasteiger partial charge on any atom is 0.266 e. The molecule has 1 aromatic heterocycles. The summed E-state index contributed by atoms with van der Waals surface area (Å²) in [5, 5.41) is 1.26. The number of benzene rings is 2. The molecule has 2 aromatic carbocycles. The van der Waals surface area contributed by atoms with E-state index in [2.05, 4.69) is 4.98 Å². The van der Waals surface area contributed by atoms with Gasteiger partial charge in [-0.05, 0) is 36.8 Å². The molecule has 7 nitrogen and oxygen atoms in total. The number of carbonyl (C=O) groups is 1. The van der Waals surface area contributed by atoms with Gasteiger partial charge in [0.2, 0.25) is 5.91 Å². The van der Waals surface area contributed by atoms with Crippen LogP contribution in [0.2, 0.25) is 5.02 Å². The summed E-state index contributed by atoms with van der Waals surface area (Å²) >= 11 is 7.22. The molecule has 1 saturated heterocycles. The first kappa shape index (κ1) is 21.9. The lowest BCUT2D eigenvalue weighted by Gasteiger charge is -2.23. The number of halogens is 1. The molecule has 1 atom stereocenters. The highest BCUT2D eigenvalue weighted by Crippen LogP contribution is 2.24. The molecule has 1 aliphatic heterocycles. The second kappa shape index (κ2) is 8.64. The van der Waals surface area contributed by atoms with Crippen molar-refractivity contribution in [2.75, 3.05) is 24.3 Å². The first-order valence-electron chi connectivity index (χ1n) is 9.62. The Kier molecular flexibility index (Phi) is 6.09. The van der Waals surface area contributed by atoms with Crippen LogP contribution in [0.3, 0.4) is 0 Å². The van der Waals surface area contributed by atoms with Crippen LogP contribution < -0.4 is 5.56 Å². The molecular formula is C21H20ClN3O4S2. The van der Waals surface area contributed by atoms with E-state index in [9.17, 15) is 18.0 Å². The number of fused-ring (bicyclic) bond motifs is 1. The normalized spacial score (nSPS) is 17.7. The van der Waals surface area contributed by atoms with Crippen molar-refractivity contribution in [2.24, 2.45) is 0 Å². The molecule has 0 radical (unpaired) electrons. The van der Waals surface area contributed by atoms with Gasteiger partial charge in [0.05, 0.1) is 33.8 Å². The smallest absolute Gasteiger partial charge is 0.266 e. The molecule has 3 aromatic rings. The van der Waals surface area contributed by atoms with Crippen molar-refractivity contribution in [3.05, 3.63) is 63.9 Å². The van der Waals surface area contributed by atoms with Crippen LogP contribution in [0.25, 0.3) is 16.6 Å². The van der Waals surface area contributed by atoms with Crippen LogP contribution in [0.1, 0.15) is 6.42 Å². The van der Waals surface area contributed by atoms with E-state index in [1.165, 1.54) is 9.47 Å². The molecule has 1 amide bonds. The fourth-order valence-electron chi connectivity index (χ4n) is 3.55. The van der Waals surface area contributed by atoms with E-state index < -0.39 is 9.84 Å². The summed E-state index contributed by atoms with van der Waals surface area (Å²) in [4.78, 5) is 32.1. The quantitative estimate of drug-likeness (QED) is 0.414. The van der Waals surface area contributed by atoms with E-state index in [0.29, 0.717) is 33.2 Å². The molecule has 0 saturated carbocycles. The first-order chi connectivity index (χ1) is 14.7. The van der Waals surface area contributed by atoms with Crippen LogP contribution in [0.15, 0.2) is 58.5 Å². The molecule has 31 heavy (non-hydrogen) atoms. The standard InChI is InChI=1S/C21H20ClN3O4S2/c1-24(16-9-10-31(28,29)13-16)19(26)12-30-21-23-18-11-14(22)7-8-17(18)20(27)25(21)15-5-3-2-4-6-15/h2-8,11,16H,9-10,12-13H2,1H3/t16-/m1/s1. The van der Waals surface area contributed by atoms with Gasteiger partial charge in [-0.15, -0.1) is 0 Å². The monoisotopic (exact) mass is 477 g/mol. The third-order valence-electron chi connectivity index (χ3n) is 5.29. The van der Waals surface area contributed by atoms with Gasteiger partial charge in [-0.25, -0.2) is 13.4 Å². The maximum atomic E-state index is 13.2. The van der Waals surface area contributed by atoms with Crippen LogP contribution in [0, 0.1) is 0 Å². The second-order valence-corrected chi connectivity index (χ2v) is 11.0. The Labute approximate surface area is 189 Å². The number of thioether (sulfide) groups is 1. The Bertz CT molecular complexity index is 1310. The van der Waals surface area contributed by atoms with Crippen molar-refractivity contribution in [3.63, 3.8) is 0 Å². The number of carbonyl (C=O) groups excluding carboxylic acids is 1. The highest BCUT2D eigenvalue weighted by Gasteiger charge is 2.32. The van der Waals surface area contributed by atoms with E-state index in [0.717, 1.165) is 11.8 Å². The van der Waals surface area contributed by atoms with Gasteiger partial charge in [0.25, 0.3) is 5.56 Å². The van der Waals surface area contributed by atoms with E-state index in [4.69, 9.17) is 11.6 Å². The van der Waals surface area contributed by atoms with Gasteiger partial charge < -0.3 is 4.90 Å². The number of para-hydroxylation sites is 1. The van der Waals surface area contributed by atoms with Gasteiger partial charge in [-0.2, -0.15) is 0 Å². The fourth-order valence-corrected chi connectivity index (χ4v) is 6.43. The first-order valence-corrected chi connectivity index (χ1v) is 12.8. The Balaban J connectivity index is 1.66. The SMILES string of the molecule is CN(C(=O)CSc1nc2cc(Cl)ccc2c(=O)n1-c1ccccc1)[C@@H]1CCS(=O)(=O)C1. The third-order valence-corrected chi connectivity index (χ3v) is 8.20. The van der Waals surface area contributed by atoms with Crippen LogP contribution in [0.5, 0.6) is 0 Å². The van der Waals surface area contributed by atoms with Gasteiger partial charge in [0, 0.05) is 18.1 Å². The molecule has 0 bridgehead atoms. The van der Waals surface area contributed by atoms with Crippen molar-refractivity contribution in [2.45, 2.75) is 17.6 Å². The molecule has 4 rings (SSSR count). The van der Waals surface area contributed by atoms with Gasteiger partial charge in [-0.3, -0.25) is 14.2 Å². The Morgan fingerprint density at radius 2 is 2.00 bits per heavy atom. The Hall–Kier alpha value is -2.36. The molecule has 162 valence electrons. The number of nitrogens with zero attached hydrogens (tertiary/aromatic N) is 3. The number of amides is 1. The predicted octanol–water partition coefficient (Wildman–Crippen LogP) is 2.78. The Morgan fingerprint density at radius 3 is 2.68 bits per heavy atom. The molecule has 0 unspecified atom stereocenters. The molecule has 0 aliphatic carbocycles. The predicted molar refractivity (Wildman–Crippen MR) is 123 cm³/mol. The van der Waals surface area contributed by atoms with Gasteiger partial charge >= 0.3 is 0 Å². The molecule has 1 aliphatic rings. The zero-order valence-corrected chi connectivity index (χ0v) is 19.1. The minimum Gasteiger partial charge on any atom is -0.341 e. The molecule has 10 heteroatoms. The summed E-state index contributed by atoms with van der Waals surface area (Å²) in [6, 6.07) is 13.7. The van der Waals surface area contributed by atoms with E-state index in [1.54, 1.807) is 37.4 Å². The van der Waals surface area contributed by atoms with Crippen molar-refractivity contribution in [1.82, 2.24) is 14.5 Å². The molecular weight excluding hydrogens is 458 g/mol. The number of aromatic nitrogens is 2. The molecule has 0 spiro atoms. The van der Waals surface area contributed by atoms with Gasteiger partial charge in [-0.1, -0.05) is 41.6 Å². The van der Waals surface area contributed by atoms with Gasteiger partial charge in [0.1, 0.15) is 0 Å². The number of sulfone groups is 1. The van der Waals surface area contributed by atoms with Gasteiger partial charge in [0.15, 0.2) is 15.0 Å². The second-order valence-electron chi connectivity index (χ2n) is 7.38. The third kappa shape index (κ3) is 4.63. The van der Waals surface area contributed by atoms with Crippen molar-refractivity contribution in [1.29, 1.82) is 0 Å². The summed E-state index contributed by atoms with van der Waals surface area (Å²) < 4.78 is 25.0. The van der Waals surface area contributed by atoms with E-state index >= 15 is 0 Å². The van der Waals surface area contributed by atoms with Crippen LogP contribution >= 0.6 is 23.4 Å². The van der Waals surface area contributed by atoms with Crippen LogP contribution in [-0.4, -0.2) is 59.1 Å². The van der Waals surface area contributed by atoms with Crippen LogP contribution in [-0.2, 0) is 14.6 Å². The number of rotatable bonds is 5. The Morgan fingerprint density at radius 1 is 1.26 bits per heavy atom. The molecule has 2 heterocycles. The molecule has 0 N–H and O–H groups in total.